The number of nitrogens with zero attached hydrogens (tertiary/aromatic N) is 1. The Morgan fingerprint density at radius 3 is 2.31 bits per heavy atom. The summed E-state index contributed by atoms with van der Waals surface area (Å²) in [5, 5.41) is -0.284. The lowest BCUT2D eigenvalue weighted by atomic mass is 10.2. The van der Waals surface area contributed by atoms with Crippen LogP contribution in [0.3, 0.4) is 0 Å². The second kappa shape index (κ2) is 8.06. The largest absolute Gasteiger partial charge is 0.339 e. The van der Waals surface area contributed by atoms with Crippen molar-refractivity contribution >= 4 is 37.4 Å². The number of hydrogen-bond donors (Lipinski definition) is 1. The van der Waals surface area contributed by atoms with Crippen LogP contribution in [0.15, 0.2) is 52.3 Å². The first-order valence-corrected chi connectivity index (χ1v) is 12.3. The van der Waals surface area contributed by atoms with Crippen molar-refractivity contribution in [3.05, 3.63) is 58.6 Å². The molecule has 0 atom stereocenters. The van der Waals surface area contributed by atoms with E-state index in [-0.39, 0.29) is 22.9 Å². The molecule has 1 aliphatic rings. The fourth-order valence-corrected chi connectivity index (χ4v) is 6.08. The first kappa shape index (κ1) is 21.8. The summed E-state index contributed by atoms with van der Waals surface area (Å²) in [5.74, 6) is -0.471. The number of hydrogen-bond acceptors (Lipinski definition) is 5. The van der Waals surface area contributed by atoms with Gasteiger partial charge < -0.3 is 4.90 Å². The Morgan fingerprint density at radius 2 is 1.69 bits per heavy atom. The van der Waals surface area contributed by atoms with E-state index in [4.69, 9.17) is 11.6 Å². The van der Waals surface area contributed by atoms with E-state index in [2.05, 4.69) is 4.72 Å². The van der Waals surface area contributed by atoms with E-state index in [9.17, 15) is 21.6 Å². The van der Waals surface area contributed by atoms with Crippen LogP contribution < -0.4 is 4.72 Å². The Morgan fingerprint density at radius 1 is 1.07 bits per heavy atom. The molecule has 2 aromatic rings. The highest BCUT2D eigenvalue weighted by atomic mass is 35.5. The number of benzene rings is 2. The van der Waals surface area contributed by atoms with Gasteiger partial charge in [0.1, 0.15) is 5.25 Å². The van der Waals surface area contributed by atoms with E-state index >= 15 is 0 Å². The first-order valence-electron chi connectivity index (χ1n) is 8.85. The van der Waals surface area contributed by atoms with Crippen molar-refractivity contribution in [1.29, 1.82) is 0 Å². The Hall–Kier alpha value is -1.94. The topological polar surface area (TPSA) is 101 Å². The zero-order valence-corrected chi connectivity index (χ0v) is 18.3. The molecule has 2 aromatic carbocycles. The molecule has 1 N–H and O–H groups in total. The number of sulfonamides is 1. The van der Waals surface area contributed by atoms with Crippen LogP contribution in [0.4, 0.5) is 0 Å². The summed E-state index contributed by atoms with van der Waals surface area (Å²) in [6, 6.07) is 10.9. The van der Waals surface area contributed by atoms with Gasteiger partial charge in [-0.3, -0.25) is 4.79 Å². The van der Waals surface area contributed by atoms with Crippen molar-refractivity contribution < 1.29 is 21.6 Å². The average molecular weight is 457 g/mol. The summed E-state index contributed by atoms with van der Waals surface area (Å²) in [6.07, 6.45) is 0. The van der Waals surface area contributed by atoms with Gasteiger partial charge in [0.2, 0.25) is 15.9 Å². The van der Waals surface area contributed by atoms with E-state index < -0.39 is 37.6 Å². The van der Waals surface area contributed by atoms with Gasteiger partial charge in [-0.25, -0.2) is 21.6 Å². The number of amides is 1. The van der Waals surface area contributed by atoms with E-state index in [1.807, 2.05) is 0 Å². The van der Waals surface area contributed by atoms with Gasteiger partial charge in [0.05, 0.1) is 16.3 Å². The lowest BCUT2D eigenvalue weighted by Gasteiger charge is -2.38. The van der Waals surface area contributed by atoms with E-state index in [1.165, 1.54) is 29.2 Å². The normalized spacial score (nSPS) is 15.2. The molecule has 0 bridgehead atoms. The highest BCUT2D eigenvalue weighted by Crippen LogP contribution is 2.25. The maximum Gasteiger partial charge on any atom is 0.241 e. The van der Waals surface area contributed by atoms with E-state index in [0.717, 1.165) is 5.56 Å². The zero-order chi connectivity index (χ0) is 21.4. The summed E-state index contributed by atoms with van der Waals surface area (Å²) in [6.45, 7) is 3.08. The maximum atomic E-state index is 12.6. The molecule has 1 aliphatic heterocycles. The number of likely N-dealkylation sites (tertiary alicyclic amines) is 1. The van der Waals surface area contributed by atoms with Crippen molar-refractivity contribution in [2.45, 2.75) is 28.9 Å². The number of sulfone groups is 1. The molecule has 156 valence electrons. The number of rotatable bonds is 6. The SMILES string of the molecule is Cc1ccc(C)c(S(=O)(=O)NCC(=O)N2CC(S(=O)(=O)c3ccc(Cl)cc3)C2)c1. The van der Waals surface area contributed by atoms with Gasteiger partial charge >= 0.3 is 0 Å². The third-order valence-corrected chi connectivity index (χ3v) is 8.73. The predicted octanol–water partition coefficient (Wildman–Crippen LogP) is 1.92. The smallest absolute Gasteiger partial charge is 0.241 e. The van der Waals surface area contributed by atoms with Crippen LogP contribution in [0.25, 0.3) is 0 Å². The number of nitrogens with one attached hydrogen (secondary N) is 1. The summed E-state index contributed by atoms with van der Waals surface area (Å²) in [5.41, 5.74) is 1.37. The number of carbonyl (C=O) groups is 1. The highest BCUT2D eigenvalue weighted by molar-refractivity contribution is 7.92. The van der Waals surface area contributed by atoms with Crippen LogP contribution in [-0.4, -0.2) is 52.5 Å². The molecule has 0 aliphatic carbocycles. The summed E-state index contributed by atoms with van der Waals surface area (Å²) in [7, 11) is -7.42. The Balaban J connectivity index is 1.60. The quantitative estimate of drug-likeness (QED) is 0.715. The van der Waals surface area contributed by atoms with Crippen LogP contribution >= 0.6 is 11.6 Å². The third-order valence-electron chi connectivity index (χ3n) is 4.83. The zero-order valence-electron chi connectivity index (χ0n) is 15.9. The monoisotopic (exact) mass is 456 g/mol. The fraction of sp³-hybridized carbons (Fsp3) is 0.316. The summed E-state index contributed by atoms with van der Waals surface area (Å²) >= 11 is 5.78. The van der Waals surface area contributed by atoms with Gasteiger partial charge in [-0.2, -0.15) is 0 Å². The second-order valence-electron chi connectivity index (χ2n) is 7.01. The van der Waals surface area contributed by atoms with Gasteiger partial charge in [0, 0.05) is 18.1 Å². The van der Waals surface area contributed by atoms with E-state index in [1.54, 1.807) is 32.0 Å². The maximum absolute atomic E-state index is 12.6. The van der Waals surface area contributed by atoms with Gasteiger partial charge in [-0.1, -0.05) is 23.7 Å². The van der Waals surface area contributed by atoms with Crippen LogP contribution in [0.1, 0.15) is 11.1 Å². The molecule has 0 radical (unpaired) electrons. The third kappa shape index (κ3) is 4.63. The molecule has 1 amide bonds. The molecule has 0 saturated carbocycles. The minimum Gasteiger partial charge on any atom is -0.339 e. The second-order valence-corrected chi connectivity index (χ2v) is 11.4. The van der Waals surface area contributed by atoms with Crippen LogP contribution in [0.5, 0.6) is 0 Å². The standard InChI is InChI=1S/C19H21ClN2O5S2/c1-13-3-4-14(2)18(9-13)29(26,27)21-10-19(23)22-11-17(12-22)28(24,25)16-7-5-15(20)6-8-16/h3-9,17,21H,10-12H2,1-2H3. The Labute approximate surface area is 175 Å². The molecule has 0 aromatic heterocycles. The molecule has 1 saturated heterocycles. The lowest BCUT2D eigenvalue weighted by Crippen LogP contribution is -2.58. The predicted molar refractivity (Wildman–Crippen MR) is 110 cm³/mol. The van der Waals surface area contributed by atoms with E-state index in [0.29, 0.717) is 10.6 Å². The molecule has 10 heteroatoms. The molecule has 7 nitrogen and oxygen atoms in total. The van der Waals surface area contributed by atoms with Crippen molar-refractivity contribution in [3.63, 3.8) is 0 Å². The summed E-state index contributed by atoms with van der Waals surface area (Å²) < 4.78 is 52.4. The number of halogens is 1. The van der Waals surface area contributed by atoms with Crippen molar-refractivity contribution in [3.8, 4) is 0 Å². The number of carbonyl (C=O) groups excluding carboxylic acids is 1. The molecule has 1 fully saturated rings. The number of aryl methyl sites for hydroxylation is 2. The molecular formula is C19H21ClN2O5S2. The van der Waals surface area contributed by atoms with Crippen molar-refractivity contribution in [1.82, 2.24) is 9.62 Å². The van der Waals surface area contributed by atoms with Crippen LogP contribution in [-0.2, 0) is 24.7 Å². The Kier molecular flexibility index (Phi) is 6.05. The molecule has 0 spiro atoms. The Bertz CT molecular complexity index is 1140. The average Bonchev–Trinajstić information content (AvgIpc) is 2.61. The minimum absolute atomic E-state index is 0.0228. The fourth-order valence-electron chi connectivity index (χ4n) is 3.00. The van der Waals surface area contributed by atoms with Crippen LogP contribution in [0.2, 0.25) is 5.02 Å². The van der Waals surface area contributed by atoms with Crippen LogP contribution in [0, 0.1) is 13.8 Å². The molecule has 0 unspecified atom stereocenters. The first-order chi connectivity index (χ1) is 13.5. The molecule has 1 heterocycles. The van der Waals surface area contributed by atoms with Gasteiger partial charge in [0.25, 0.3) is 0 Å². The highest BCUT2D eigenvalue weighted by Gasteiger charge is 2.40. The molecule has 3 rings (SSSR count). The van der Waals surface area contributed by atoms with Gasteiger partial charge in [-0.05, 0) is 55.3 Å². The molecular weight excluding hydrogens is 436 g/mol. The summed E-state index contributed by atoms with van der Waals surface area (Å²) in [4.78, 5) is 13.9. The molecule has 29 heavy (non-hydrogen) atoms. The van der Waals surface area contributed by atoms with Gasteiger partial charge in [-0.15, -0.1) is 0 Å². The van der Waals surface area contributed by atoms with Gasteiger partial charge in [0.15, 0.2) is 9.84 Å². The van der Waals surface area contributed by atoms with Crippen molar-refractivity contribution in [2.24, 2.45) is 0 Å². The lowest BCUT2D eigenvalue weighted by molar-refractivity contribution is -0.133. The van der Waals surface area contributed by atoms with Crippen molar-refractivity contribution in [2.75, 3.05) is 19.6 Å². The minimum atomic E-state index is -3.84.